The van der Waals surface area contributed by atoms with Gasteiger partial charge in [0.15, 0.2) is 0 Å². The van der Waals surface area contributed by atoms with Gasteiger partial charge in [-0.05, 0) is 42.5 Å². The van der Waals surface area contributed by atoms with Gasteiger partial charge >= 0.3 is 0 Å². The smallest absolute Gasteiger partial charge is 0.258 e. The molecule has 0 aliphatic carbocycles. The molecule has 1 fully saturated rings. The van der Waals surface area contributed by atoms with Crippen LogP contribution in [0.25, 0.3) is 11.3 Å². The number of carbonyl (C=O) groups is 1. The van der Waals surface area contributed by atoms with Gasteiger partial charge in [0.25, 0.3) is 5.91 Å². The molecule has 0 bridgehead atoms. The average molecular weight is 574 g/mol. The summed E-state index contributed by atoms with van der Waals surface area (Å²) in [4.78, 5) is 26.7. The first-order valence-corrected chi connectivity index (χ1v) is 13.5. The molecular formula is C31H29F2N5O4. The van der Waals surface area contributed by atoms with Gasteiger partial charge in [-0.15, -0.1) is 0 Å². The Morgan fingerprint density at radius 3 is 2.45 bits per heavy atom. The van der Waals surface area contributed by atoms with Crippen LogP contribution >= 0.6 is 0 Å². The Bertz CT molecular complexity index is 1610. The van der Waals surface area contributed by atoms with Gasteiger partial charge in [0, 0.05) is 24.7 Å². The molecule has 0 spiro atoms. The Balaban J connectivity index is 1.35. The summed E-state index contributed by atoms with van der Waals surface area (Å²) < 4.78 is 45.9. The highest BCUT2D eigenvalue weighted by atomic mass is 19.1. The molecule has 2 aromatic carbocycles. The first-order chi connectivity index (χ1) is 20.4. The van der Waals surface area contributed by atoms with Crippen LogP contribution < -0.4 is 19.7 Å². The molecule has 2 aliphatic heterocycles. The molecule has 11 heteroatoms. The number of hydrogen-bond donors (Lipinski definition) is 1. The predicted octanol–water partition coefficient (Wildman–Crippen LogP) is 5.18. The summed E-state index contributed by atoms with van der Waals surface area (Å²) in [5, 5.41) is 3.21. The summed E-state index contributed by atoms with van der Waals surface area (Å²) in [5.74, 6) is -0.0885. The van der Waals surface area contributed by atoms with Crippen LogP contribution in [-0.4, -0.2) is 61.3 Å². The minimum absolute atomic E-state index is 0.0773. The monoisotopic (exact) mass is 573 g/mol. The number of fused-ring (bicyclic) bond motifs is 1. The molecule has 216 valence electrons. The Kier molecular flexibility index (Phi) is 7.58. The summed E-state index contributed by atoms with van der Waals surface area (Å²) >= 11 is 0. The van der Waals surface area contributed by atoms with Crippen LogP contribution in [-0.2, 0) is 17.8 Å². The molecule has 4 heterocycles. The van der Waals surface area contributed by atoms with E-state index in [4.69, 9.17) is 14.2 Å². The van der Waals surface area contributed by atoms with E-state index >= 15 is 0 Å². The van der Waals surface area contributed by atoms with Crippen molar-refractivity contribution in [3.05, 3.63) is 89.2 Å². The third-order valence-electron chi connectivity index (χ3n) is 7.40. The van der Waals surface area contributed by atoms with Crippen LogP contribution in [0.5, 0.6) is 11.5 Å². The normalized spacial score (nSPS) is 14.6. The first kappa shape index (κ1) is 27.4. The third kappa shape index (κ3) is 5.30. The number of carbonyl (C=O) groups excluding carboxylic acids is 1. The van der Waals surface area contributed by atoms with E-state index in [1.807, 2.05) is 12.1 Å². The lowest BCUT2D eigenvalue weighted by molar-refractivity contribution is 0.0766. The van der Waals surface area contributed by atoms with Gasteiger partial charge in [-0.1, -0.05) is 6.07 Å². The molecule has 1 saturated heterocycles. The molecule has 6 rings (SSSR count). The summed E-state index contributed by atoms with van der Waals surface area (Å²) in [6, 6.07) is 14.3. The molecule has 2 aliphatic rings. The number of nitrogens with one attached hydrogen (secondary N) is 1. The molecule has 2 aromatic heterocycles. The lowest BCUT2D eigenvalue weighted by atomic mass is 10.1. The second kappa shape index (κ2) is 11.6. The molecule has 0 atom stereocenters. The fourth-order valence-corrected chi connectivity index (χ4v) is 5.25. The van der Waals surface area contributed by atoms with Crippen molar-refractivity contribution in [3.63, 3.8) is 0 Å². The molecule has 9 nitrogen and oxygen atoms in total. The van der Waals surface area contributed by atoms with Gasteiger partial charge in [-0.3, -0.25) is 4.79 Å². The SMILES string of the molecule is COc1ccc(CN2Cc3nc(-c4c(F)cccc4F)cc(Nc4ccc(N5CCOCC5)cn4)c3C2=O)c(OC)c1. The van der Waals surface area contributed by atoms with Crippen molar-refractivity contribution in [1.29, 1.82) is 0 Å². The number of methoxy groups -OCH3 is 2. The number of anilines is 3. The van der Waals surface area contributed by atoms with Crippen molar-refractivity contribution >= 4 is 23.1 Å². The Morgan fingerprint density at radius 2 is 1.76 bits per heavy atom. The van der Waals surface area contributed by atoms with Crippen molar-refractivity contribution in [3.8, 4) is 22.8 Å². The largest absolute Gasteiger partial charge is 0.497 e. The van der Waals surface area contributed by atoms with Crippen molar-refractivity contribution in [2.75, 3.05) is 50.7 Å². The Hall–Kier alpha value is -4.77. The minimum Gasteiger partial charge on any atom is -0.497 e. The lowest BCUT2D eigenvalue weighted by Gasteiger charge is -2.28. The topological polar surface area (TPSA) is 89.0 Å². The highest BCUT2D eigenvalue weighted by Crippen LogP contribution is 2.37. The number of nitrogens with zero attached hydrogens (tertiary/aromatic N) is 4. The van der Waals surface area contributed by atoms with Gasteiger partial charge in [-0.2, -0.15) is 0 Å². The van der Waals surface area contributed by atoms with Gasteiger partial charge in [0.05, 0.1) is 80.6 Å². The number of aromatic nitrogens is 2. The number of morpholine rings is 1. The fraction of sp³-hybridized carbons (Fsp3) is 0.258. The third-order valence-corrected chi connectivity index (χ3v) is 7.40. The van der Waals surface area contributed by atoms with Gasteiger partial charge in [0.2, 0.25) is 0 Å². The highest BCUT2D eigenvalue weighted by molar-refractivity contribution is 6.04. The summed E-state index contributed by atoms with van der Waals surface area (Å²) in [5.41, 5.74) is 2.62. The summed E-state index contributed by atoms with van der Waals surface area (Å²) in [6.45, 7) is 3.22. The fourth-order valence-electron chi connectivity index (χ4n) is 5.25. The van der Waals surface area contributed by atoms with Crippen LogP contribution in [0.3, 0.4) is 0 Å². The maximum atomic E-state index is 14.8. The maximum absolute atomic E-state index is 14.8. The zero-order valence-electron chi connectivity index (χ0n) is 23.2. The summed E-state index contributed by atoms with van der Waals surface area (Å²) in [7, 11) is 3.12. The van der Waals surface area contributed by atoms with Crippen LogP contribution in [0.4, 0.5) is 26.0 Å². The molecule has 0 unspecified atom stereocenters. The predicted molar refractivity (Wildman–Crippen MR) is 153 cm³/mol. The van der Waals surface area contributed by atoms with E-state index in [0.717, 1.165) is 24.3 Å². The first-order valence-electron chi connectivity index (χ1n) is 13.5. The molecule has 42 heavy (non-hydrogen) atoms. The zero-order chi connectivity index (χ0) is 29.2. The van der Waals surface area contributed by atoms with Crippen LogP contribution in [0, 0.1) is 11.6 Å². The van der Waals surface area contributed by atoms with Crippen molar-refractivity contribution in [2.24, 2.45) is 0 Å². The van der Waals surface area contributed by atoms with E-state index in [0.29, 0.717) is 47.5 Å². The van der Waals surface area contributed by atoms with Gasteiger partial charge < -0.3 is 29.3 Å². The highest BCUT2D eigenvalue weighted by Gasteiger charge is 2.33. The lowest BCUT2D eigenvalue weighted by Crippen LogP contribution is -2.36. The van der Waals surface area contributed by atoms with Crippen LogP contribution in [0.15, 0.2) is 60.8 Å². The van der Waals surface area contributed by atoms with Crippen molar-refractivity contribution in [1.82, 2.24) is 14.9 Å². The number of benzene rings is 2. The zero-order valence-corrected chi connectivity index (χ0v) is 23.2. The average Bonchev–Trinajstić information content (AvgIpc) is 3.32. The van der Waals surface area contributed by atoms with E-state index in [1.165, 1.54) is 24.3 Å². The van der Waals surface area contributed by atoms with E-state index in [9.17, 15) is 13.6 Å². The van der Waals surface area contributed by atoms with E-state index in [2.05, 4.69) is 20.2 Å². The maximum Gasteiger partial charge on any atom is 0.258 e. The molecule has 1 N–H and O–H groups in total. The second-order valence-electron chi connectivity index (χ2n) is 9.94. The number of amides is 1. The van der Waals surface area contributed by atoms with E-state index in [-0.39, 0.29) is 30.3 Å². The van der Waals surface area contributed by atoms with Crippen molar-refractivity contribution < 1.29 is 27.8 Å². The summed E-state index contributed by atoms with van der Waals surface area (Å²) in [6.07, 6.45) is 1.75. The molecular weight excluding hydrogens is 544 g/mol. The quantitative estimate of drug-likeness (QED) is 0.309. The number of pyridine rings is 2. The number of ether oxygens (including phenoxy) is 3. The molecule has 0 saturated carbocycles. The number of halogens is 2. The molecule has 1 amide bonds. The second-order valence-corrected chi connectivity index (χ2v) is 9.94. The van der Waals surface area contributed by atoms with Crippen LogP contribution in [0.2, 0.25) is 0 Å². The molecule has 4 aromatic rings. The van der Waals surface area contributed by atoms with E-state index < -0.39 is 11.6 Å². The minimum atomic E-state index is -0.745. The number of rotatable bonds is 8. The van der Waals surface area contributed by atoms with E-state index in [1.54, 1.807) is 43.5 Å². The standard InChI is InChI=1S/C31H29F2N5O4/c1-40-21-8-6-19(27(14-21)41-2)17-38-18-26-30(31(38)39)25(15-24(35-26)29-22(32)4-3-5-23(29)33)36-28-9-7-20(16-34-28)37-10-12-42-13-11-37/h3-9,14-16H,10-13,17-18H2,1-2H3,(H,34,35,36). The van der Waals surface area contributed by atoms with Gasteiger partial charge in [-0.25, -0.2) is 18.7 Å². The Labute approximate surface area is 241 Å². The van der Waals surface area contributed by atoms with Crippen molar-refractivity contribution in [2.45, 2.75) is 13.1 Å². The molecule has 0 radical (unpaired) electrons. The number of hydrogen-bond acceptors (Lipinski definition) is 8. The van der Waals surface area contributed by atoms with Gasteiger partial charge in [0.1, 0.15) is 29.0 Å². The van der Waals surface area contributed by atoms with Crippen LogP contribution in [0.1, 0.15) is 21.6 Å². The Morgan fingerprint density at radius 1 is 0.976 bits per heavy atom.